The zero-order valence-electron chi connectivity index (χ0n) is 10.7. The molecule has 1 aromatic rings. The van der Waals surface area contributed by atoms with E-state index in [1.54, 1.807) is 13.0 Å². The number of ether oxygens (including phenoxy) is 1. The van der Waals surface area contributed by atoms with Gasteiger partial charge in [0, 0.05) is 5.57 Å². The Kier molecular flexibility index (Phi) is 4.27. The third-order valence-corrected chi connectivity index (χ3v) is 2.40. The maximum Gasteiger partial charge on any atom is 0.338 e. The van der Waals surface area contributed by atoms with Gasteiger partial charge in [-0.3, -0.25) is 0 Å². The summed E-state index contributed by atoms with van der Waals surface area (Å²) in [6, 6.07) is 4.00. The fourth-order valence-electron chi connectivity index (χ4n) is 1.68. The first-order valence-corrected chi connectivity index (χ1v) is 5.54. The largest absolute Gasteiger partial charge is 0.423 e. The third-order valence-electron chi connectivity index (χ3n) is 2.40. The van der Waals surface area contributed by atoms with Crippen molar-refractivity contribution in [3.05, 3.63) is 53.6 Å². The van der Waals surface area contributed by atoms with E-state index in [9.17, 15) is 4.79 Å². The van der Waals surface area contributed by atoms with Gasteiger partial charge in [-0.1, -0.05) is 30.4 Å². The number of hydrogen-bond donors (Lipinski definition) is 0. The Bertz CT molecular complexity index is 470. The lowest BCUT2D eigenvalue weighted by Crippen LogP contribution is -2.11. The summed E-state index contributed by atoms with van der Waals surface area (Å²) in [5, 5.41) is 0. The minimum absolute atomic E-state index is 0.387. The topological polar surface area (TPSA) is 26.3 Å². The second-order valence-electron chi connectivity index (χ2n) is 4.23. The monoisotopic (exact) mass is 230 g/mol. The minimum atomic E-state index is -0.387. The molecule has 0 radical (unpaired) electrons. The molecule has 0 aliphatic heterocycles. The van der Waals surface area contributed by atoms with Gasteiger partial charge in [0.25, 0.3) is 0 Å². The van der Waals surface area contributed by atoms with Gasteiger partial charge in [-0.15, -0.1) is 6.58 Å². The molecule has 0 bridgehead atoms. The number of carbonyl (C=O) groups is 1. The summed E-state index contributed by atoms with van der Waals surface area (Å²) in [5.41, 5.74) is 3.48. The van der Waals surface area contributed by atoms with Crippen molar-refractivity contribution < 1.29 is 9.53 Å². The highest BCUT2D eigenvalue weighted by Gasteiger charge is 2.12. The van der Waals surface area contributed by atoms with Crippen molar-refractivity contribution in [1.29, 1.82) is 0 Å². The zero-order valence-corrected chi connectivity index (χ0v) is 10.7. The van der Waals surface area contributed by atoms with Crippen LogP contribution in [0.4, 0.5) is 0 Å². The van der Waals surface area contributed by atoms with E-state index in [1.165, 1.54) is 0 Å². The van der Waals surface area contributed by atoms with Crippen LogP contribution in [0.3, 0.4) is 0 Å². The van der Waals surface area contributed by atoms with Crippen LogP contribution in [0.2, 0.25) is 0 Å². The van der Waals surface area contributed by atoms with Gasteiger partial charge in [0.1, 0.15) is 5.75 Å². The molecular weight excluding hydrogens is 212 g/mol. The number of rotatable bonds is 4. The Balaban J connectivity index is 3.16. The predicted molar refractivity (Wildman–Crippen MR) is 70.3 cm³/mol. The van der Waals surface area contributed by atoms with Crippen molar-refractivity contribution in [2.45, 2.75) is 27.2 Å². The first kappa shape index (κ1) is 13.2. The van der Waals surface area contributed by atoms with E-state index in [0.717, 1.165) is 16.7 Å². The van der Waals surface area contributed by atoms with E-state index in [0.29, 0.717) is 17.7 Å². The van der Waals surface area contributed by atoms with Gasteiger partial charge in [-0.2, -0.15) is 0 Å². The summed E-state index contributed by atoms with van der Waals surface area (Å²) < 4.78 is 5.36. The first-order chi connectivity index (χ1) is 7.95. The number of esters is 1. The van der Waals surface area contributed by atoms with E-state index in [4.69, 9.17) is 4.74 Å². The van der Waals surface area contributed by atoms with E-state index in [-0.39, 0.29) is 5.97 Å². The zero-order chi connectivity index (χ0) is 13.0. The molecule has 0 aliphatic rings. The molecular formula is C15H18O2. The van der Waals surface area contributed by atoms with Gasteiger partial charge < -0.3 is 4.74 Å². The molecule has 0 saturated heterocycles. The second-order valence-corrected chi connectivity index (χ2v) is 4.23. The van der Waals surface area contributed by atoms with Crippen LogP contribution in [-0.4, -0.2) is 5.97 Å². The average molecular weight is 230 g/mol. The Morgan fingerprint density at radius 1 is 1.41 bits per heavy atom. The second kappa shape index (κ2) is 5.48. The van der Waals surface area contributed by atoms with Crippen molar-refractivity contribution in [3.8, 4) is 5.75 Å². The molecule has 0 N–H and O–H groups in total. The van der Waals surface area contributed by atoms with Gasteiger partial charge in [-0.05, 0) is 38.3 Å². The van der Waals surface area contributed by atoms with Crippen molar-refractivity contribution in [3.63, 3.8) is 0 Å². The van der Waals surface area contributed by atoms with Crippen LogP contribution in [0.1, 0.15) is 23.6 Å². The normalized spacial score (nSPS) is 9.82. The molecule has 0 spiro atoms. The number of aryl methyl sites for hydroxylation is 2. The lowest BCUT2D eigenvalue weighted by atomic mass is 10.0. The molecule has 0 aliphatic carbocycles. The summed E-state index contributed by atoms with van der Waals surface area (Å²) in [6.07, 6.45) is 2.48. The molecule has 2 heteroatoms. The highest BCUT2D eigenvalue weighted by atomic mass is 16.5. The molecule has 1 rings (SSSR count). The molecule has 17 heavy (non-hydrogen) atoms. The van der Waals surface area contributed by atoms with Gasteiger partial charge in [0.05, 0.1) is 0 Å². The van der Waals surface area contributed by atoms with Crippen LogP contribution < -0.4 is 4.74 Å². The van der Waals surface area contributed by atoms with Gasteiger partial charge >= 0.3 is 5.97 Å². The first-order valence-electron chi connectivity index (χ1n) is 5.54. The van der Waals surface area contributed by atoms with Crippen LogP contribution >= 0.6 is 0 Å². The summed E-state index contributed by atoms with van der Waals surface area (Å²) in [4.78, 5) is 11.6. The molecule has 0 aromatic heterocycles. The van der Waals surface area contributed by atoms with Crippen LogP contribution in [0.25, 0.3) is 0 Å². The van der Waals surface area contributed by atoms with Gasteiger partial charge in [-0.25, -0.2) is 4.79 Å². The summed E-state index contributed by atoms with van der Waals surface area (Å²) in [6.45, 7) is 12.9. The molecule has 0 amide bonds. The summed E-state index contributed by atoms with van der Waals surface area (Å²) in [7, 11) is 0. The minimum Gasteiger partial charge on any atom is -0.423 e. The lowest BCUT2D eigenvalue weighted by molar-refractivity contribution is -0.130. The fourth-order valence-corrected chi connectivity index (χ4v) is 1.68. The highest BCUT2D eigenvalue weighted by Crippen LogP contribution is 2.26. The standard InChI is InChI=1S/C15H18O2/c1-6-7-13-9-11(4)8-12(5)14(13)17-15(16)10(2)3/h6,8-9H,1-2,7H2,3-5H3. The molecule has 0 unspecified atom stereocenters. The highest BCUT2D eigenvalue weighted by molar-refractivity contribution is 5.89. The fraction of sp³-hybridized carbons (Fsp3) is 0.267. The number of carbonyl (C=O) groups excluding carboxylic acids is 1. The van der Waals surface area contributed by atoms with Gasteiger partial charge in [0.15, 0.2) is 0 Å². The van der Waals surface area contributed by atoms with E-state index >= 15 is 0 Å². The number of benzene rings is 1. The summed E-state index contributed by atoms with van der Waals surface area (Å²) >= 11 is 0. The summed E-state index contributed by atoms with van der Waals surface area (Å²) in [5.74, 6) is 0.241. The molecule has 1 aromatic carbocycles. The van der Waals surface area contributed by atoms with Crippen molar-refractivity contribution >= 4 is 5.97 Å². The Morgan fingerprint density at radius 3 is 2.59 bits per heavy atom. The maximum atomic E-state index is 11.6. The van der Waals surface area contributed by atoms with E-state index < -0.39 is 0 Å². The van der Waals surface area contributed by atoms with Crippen LogP contribution in [0.15, 0.2) is 36.9 Å². The van der Waals surface area contributed by atoms with Crippen molar-refractivity contribution in [2.75, 3.05) is 0 Å². The van der Waals surface area contributed by atoms with Crippen molar-refractivity contribution in [1.82, 2.24) is 0 Å². The predicted octanol–water partition coefficient (Wildman–Crippen LogP) is 3.51. The lowest BCUT2D eigenvalue weighted by Gasteiger charge is -2.13. The molecule has 0 fully saturated rings. The maximum absolute atomic E-state index is 11.6. The average Bonchev–Trinajstić information content (AvgIpc) is 2.23. The van der Waals surface area contributed by atoms with Crippen LogP contribution in [0, 0.1) is 13.8 Å². The quantitative estimate of drug-likeness (QED) is 0.342. The Morgan fingerprint density at radius 2 is 2.06 bits per heavy atom. The molecule has 0 heterocycles. The van der Waals surface area contributed by atoms with Crippen LogP contribution in [-0.2, 0) is 11.2 Å². The number of allylic oxidation sites excluding steroid dienone is 1. The molecule has 0 atom stereocenters. The number of hydrogen-bond acceptors (Lipinski definition) is 2. The Hall–Kier alpha value is -1.83. The van der Waals surface area contributed by atoms with Gasteiger partial charge in [0.2, 0.25) is 0 Å². The molecule has 90 valence electrons. The SMILES string of the molecule is C=CCc1cc(C)cc(C)c1OC(=O)C(=C)C. The molecule has 0 saturated carbocycles. The van der Waals surface area contributed by atoms with Crippen molar-refractivity contribution in [2.24, 2.45) is 0 Å². The third kappa shape index (κ3) is 3.31. The smallest absolute Gasteiger partial charge is 0.338 e. The van der Waals surface area contributed by atoms with Crippen LogP contribution in [0.5, 0.6) is 5.75 Å². The van der Waals surface area contributed by atoms with E-state index in [1.807, 2.05) is 26.0 Å². The Labute approximate surface area is 103 Å². The molecule has 2 nitrogen and oxygen atoms in total. The van der Waals surface area contributed by atoms with E-state index in [2.05, 4.69) is 13.2 Å².